The van der Waals surface area contributed by atoms with Crippen LogP contribution in [0.2, 0.25) is 0 Å². The van der Waals surface area contributed by atoms with E-state index in [9.17, 15) is 19.4 Å². The minimum Gasteiger partial charge on any atom is -0.508 e. The van der Waals surface area contributed by atoms with E-state index in [0.717, 1.165) is 5.56 Å². The van der Waals surface area contributed by atoms with E-state index in [-0.39, 0.29) is 17.4 Å². The lowest BCUT2D eigenvalue weighted by molar-refractivity contribution is -0.130. The van der Waals surface area contributed by atoms with Crippen molar-refractivity contribution in [1.29, 1.82) is 0 Å². The van der Waals surface area contributed by atoms with Crippen molar-refractivity contribution in [2.75, 3.05) is 5.32 Å². The molecule has 2 aromatic carbocycles. The zero-order valence-corrected chi connectivity index (χ0v) is 10.9. The van der Waals surface area contributed by atoms with Crippen molar-refractivity contribution in [1.82, 2.24) is 0 Å². The van der Waals surface area contributed by atoms with Gasteiger partial charge >= 0.3 is 5.97 Å². The number of hydrogen-bond acceptors (Lipinski definition) is 3. The van der Waals surface area contributed by atoms with Crippen LogP contribution in [0.1, 0.15) is 17.2 Å². The first kappa shape index (κ1) is 13.2. The lowest BCUT2D eigenvalue weighted by Crippen LogP contribution is -2.17. The highest BCUT2D eigenvalue weighted by atomic mass is 19.1. The SMILES string of the molecule is O=C(O)C1=CC(c2ccc(O)cc2)Nc2ccc(F)cc21. The Labute approximate surface area is 120 Å². The van der Waals surface area contributed by atoms with Crippen molar-refractivity contribution < 1.29 is 19.4 Å². The Morgan fingerprint density at radius 1 is 1.14 bits per heavy atom. The Hall–Kier alpha value is -2.82. The van der Waals surface area contributed by atoms with Gasteiger partial charge in [0.05, 0.1) is 11.6 Å². The summed E-state index contributed by atoms with van der Waals surface area (Å²) >= 11 is 0. The molecule has 3 N–H and O–H groups in total. The van der Waals surface area contributed by atoms with Crippen LogP contribution in [0.3, 0.4) is 0 Å². The van der Waals surface area contributed by atoms with Crippen molar-refractivity contribution in [3.05, 3.63) is 65.5 Å². The first-order valence-electron chi connectivity index (χ1n) is 6.35. The standard InChI is InChI=1S/C16H12FNO3/c17-10-3-6-14-12(7-10)13(16(20)21)8-15(18-14)9-1-4-11(19)5-2-9/h1-8,15,18-19H,(H,20,21). The van der Waals surface area contributed by atoms with Gasteiger partial charge in [0.15, 0.2) is 0 Å². The van der Waals surface area contributed by atoms with Gasteiger partial charge in [-0.25, -0.2) is 9.18 Å². The molecule has 106 valence electrons. The van der Waals surface area contributed by atoms with Gasteiger partial charge in [-0.2, -0.15) is 0 Å². The van der Waals surface area contributed by atoms with Gasteiger partial charge in [0.1, 0.15) is 11.6 Å². The van der Waals surface area contributed by atoms with Crippen molar-refractivity contribution in [3.8, 4) is 5.75 Å². The maximum atomic E-state index is 13.3. The highest BCUT2D eigenvalue weighted by Crippen LogP contribution is 2.36. The molecular weight excluding hydrogens is 273 g/mol. The van der Waals surface area contributed by atoms with E-state index in [4.69, 9.17) is 0 Å². The Balaban J connectivity index is 2.07. The van der Waals surface area contributed by atoms with E-state index in [2.05, 4.69) is 5.32 Å². The van der Waals surface area contributed by atoms with Crippen LogP contribution in [-0.4, -0.2) is 16.2 Å². The largest absolute Gasteiger partial charge is 0.508 e. The number of rotatable bonds is 2. The third-order valence-corrected chi connectivity index (χ3v) is 3.40. The summed E-state index contributed by atoms with van der Waals surface area (Å²) < 4.78 is 13.3. The van der Waals surface area contributed by atoms with E-state index >= 15 is 0 Å². The van der Waals surface area contributed by atoms with Gasteiger partial charge in [-0.3, -0.25) is 0 Å². The average molecular weight is 285 g/mol. The van der Waals surface area contributed by atoms with Crippen LogP contribution in [0.5, 0.6) is 5.75 Å². The molecule has 2 aromatic rings. The predicted molar refractivity (Wildman–Crippen MR) is 76.5 cm³/mol. The molecule has 0 fully saturated rings. The van der Waals surface area contributed by atoms with Crippen LogP contribution in [0, 0.1) is 5.82 Å². The van der Waals surface area contributed by atoms with E-state index < -0.39 is 11.8 Å². The molecule has 1 aliphatic heterocycles. The minimum absolute atomic E-state index is 0.0568. The average Bonchev–Trinajstić information content (AvgIpc) is 2.46. The number of nitrogens with one attached hydrogen (secondary N) is 1. The zero-order chi connectivity index (χ0) is 15.0. The molecule has 1 aliphatic rings. The van der Waals surface area contributed by atoms with E-state index in [1.807, 2.05) is 0 Å². The molecule has 0 amide bonds. The number of halogens is 1. The number of anilines is 1. The number of carbonyl (C=O) groups is 1. The van der Waals surface area contributed by atoms with Crippen LogP contribution in [0.15, 0.2) is 48.5 Å². The second-order valence-electron chi connectivity index (χ2n) is 4.79. The van der Waals surface area contributed by atoms with E-state index in [1.165, 1.54) is 36.4 Å². The summed E-state index contributed by atoms with van der Waals surface area (Å²) in [5.74, 6) is -1.45. The Morgan fingerprint density at radius 3 is 2.52 bits per heavy atom. The summed E-state index contributed by atoms with van der Waals surface area (Å²) in [4.78, 5) is 11.4. The maximum Gasteiger partial charge on any atom is 0.336 e. The molecule has 3 rings (SSSR count). The van der Waals surface area contributed by atoms with E-state index in [1.54, 1.807) is 12.1 Å². The van der Waals surface area contributed by atoms with Crippen LogP contribution in [0.25, 0.3) is 5.57 Å². The van der Waals surface area contributed by atoms with Crippen molar-refractivity contribution in [2.24, 2.45) is 0 Å². The van der Waals surface area contributed by atoms with Gasteiger partial charge < -0.3 is 15.5 Å². The molecule has 0 saturated carbocycles. The second-order valence-corrected chi connectivity index (χ2v) is 4.79. The Kier molecular flexibility index (Phi) is 3.10. The molecule has 21 heavy (non-hydrogen) atoms. The molecule has 4 nitrogen and oxygen atoms in total. The van der Waals surface area contributed by atoms with E-state index in [0.29, 0.717) is 11.3 Å². The molecule has 0 radical (unpaired) electrons. The van der Waals surface area contributed by atoms with Gasteiger partial charge in [0.2, 0.25) is 0 Å². The summed E-state index contributed by atoms with van der Waals surface area (Å²) in [6.45, 7) is 0. The second kappa shape index (κ2) is 4.94. The number of hydrogen-bond donors (Lipinski definition) is 3. The normalized spacial score (nSPS) is 16.6. The quantitative estimate of drug-likeness (QED) is 0.792. The fraction of sp³-hybridized carbons (Fsp3) is 0.0625. The lowest BCUT2D eigenvalue weighted by atomic mass is 9.93. The number of aromatic hydroxyl groups is 1. The van der Waals surface area contributed by atoms with Crippen LogP contribution in [-0.2, 0) is 4.79 Å². The Bertz CT molecular complexity index is 738. The van der Waals surface area contributed by atoms with Crippen LogP contribution >= 0.6 is 0 Å². The van der Waals surface area contributed by atoms with Gasteiger partial charge in [0, 0.05) is 11.3 Å². The first-order chi connectivity index (χ1) is 10.0. The van der Waals surface area contributed by atoms with Gasteiger partial charge in [-0.15, -0.1) is 0 Å². The molecule has 0 saturated heterocycles. The highest BCUT2D eigenvalue weighted by Gasteiger charge is 2.24. The molecule has 0 bridgehead atoms. The molecule has 5 heteroatoms. The van der Waals surface area contributed by atoms with Crippen LogP contribution in [0.4, 0.5) is 10.1 Å². The monoisotopic (exact) mass is 285 g/mol. The molecular formula is C16H12FNO3. The fourth-order valence-corrected chi connectivity index (χ4v) is 2.38. The van der Waals surface area contributed by atoms with Gasteiger partial charge in [0.25, 0.3) is 0 Å². The van der Waals surface area contributed by atoms with Crippen molar-refractivity contribution in [3.63, 3.8) is 0 Å². The summed E-state index contributed by atoms with van der Waals surface area (Å²) in [6.07, 6.45) is 1.54. The number of fused-ring (bicyclic) bond motifs is 1. The molecule has 1 heterocycles. The first-order valence-corrected chi connectivity index (χ1v) is 6.35. The topological polar surface area (TPSA) is 69.6 Å². The summed E-state index contributed by atoms with van der Waals surface area (Å²) in [7, 11) is 0. The third-order valence-electron chi connectivity index (χ3n) is 3.40. The maximum absolute atomic E-state index is 13.3. The third kappa shape index (κ3) is 2.45. The fourth-order valence-electron chi connectivity index (χ4n) is 2.38. The molecule has 0 aliphatic carbocycles. The number of phenols is 1. The van der Waals surface area contributed by atoms with Crippen LogP contribution < -0.4 is 5.32 Å². The smallest absolute Gasteiger partial charge is 0.336 e. The summed E-state index contributed by atoms with van der Waals surface area (Å²) in [6, 6.07) is 10.1. The minimum atomic E-state index is -1.10. The number of aliphatic carboxylic acids is 1. The molecule has 1 atom stereocenters. The lowest BCUT2D eigenvalue weighted by Gasteiger charge is -2.25. The summed E-state index contributed by atoms with van der Waals surface area (Å²) in [5, 5.41) is 21.8. The zero-order valence-electron chi connectivity index (χ0n) is 10.9. The number of benzene rings is 2. The summed E-state index contributed by atoms with van der Waals surface area (Å²) in [5.41, 5.74) is 1.76. The molecule has 0 spiro atoms. The van der Waals surface area contributed by atoms with Gasteiger partial charge in [-0.05, 0) is 42.0 Å². The highest BCUT2D eigenvalue weighted by molar-refractivity contribution is 6.18. The number of carboxylic acid groups (broad SMARTS) is 1. The number of carboxylic acids is 1. The Morgan fingerprint density at radius 2 is 1.86 bits per heavy atom. The molecule has 1 unspecified atom stereocenters. The number of phenolic OH excluding ortho intramolecular Hbond substituents is 1. The predicted octanol–water partition coefficient (Wildman–Crippen LogP) is 3.17. The molecule has 0 aromatic heterocycles. The van der Waals surface area contributed by atoms with Crippen molar-refractivity contribution in [2.45, 2.75) is 6.04 Å². The van der Waals surface area contributed by atoms with Gasteiger partial charge in [-0.1, -0.05) is 12.1 Å². The van der Waals surface area contributed by atoms with Crippen molar-refractivity contribution >= 4 is 17.2 Å².